The first kappa shape index (κ1) is 10.4. The van der Waals surface area contributed by atoms with Gasteiger partial charge in [-0.25, -0.2) is 5.28 Å². The van der Waals surface area contributed by atoms with Crippen molar-refractivity contribution in [2.45, 2.75) is 26.8 Å². The van der Waals surface area contributed by atoms with Crippen LogP contribution in [0.1, 0.15) is 20.8 Å². The summed E-state index contributed by atoms with van der Waals surface area (Å²) < 4.78 is 0. The summed E-state index contributed by atoms with van der Waals surface area (Å²) in [6.07, 6.45) is 0. The van der Waals surface area contributed by atoms with E-state index in [0.29, 0.717) is 5.70 Å². The quantitative estimate of drug-likeness (QED) is 0.618. The van der Waals surface area contributed by atoms with E-state index >= 15 is 0 Å². The molecule has 0 unspecified atom stereocenters. The van der Waals surface area contributed by atoms with Gasteiger partial charge in [-0.1, -0.05) is 6.58 Å². The van der Waals surface area contributed by atoms with Crippen LogP contribution >= 0.6 is 0 Å². The second-order valence-electron chi connectivity index (χ2n) is 2.56. The van der Waals surface area contributed by atoms with Crippen LogP contribution in [0.4, 0.5) is 0 Å². The molecular formula is C6H13N3O2-2. The van der Waals surface area contributed by atoms with Crippen LogP contribution < -0.4 is 5.43 Å². The van der Waals surface area contributed by atoms with E-state index in [0.717, 1.165) is 0 Å². The maximum atomic E-state index is 10.8. The maximum absolute atomic E-state index is 10.8. The van der Waals surface area contributed by atoms with Gasteiger partial charge < -0.3 is 21.0 Å². The molecule has 0 aromatic carbocycles. The molecule has 0 spiro atoms. The maximum Gasteiger partial charge on any atom is 0.0164 e. The van der Waals surface area contributed by atoms with Crippen LogP contribution in [-0.4, -0.2) is 16.5 Å². The summed E-state index contributed by atoms with van der Waals surface area (Å²) in [4.78, 5) is 0. The number of hydrogen-bond donors (Lipinski definition) is 1. The van der Waals surface area contributed by atoms with Gasteiger partial charge in [0.15, 0.2) is 0 Å². The van der Waals surface area contributed by atoms with Crippen LogP contribution in [-0.2, 0) is 0 Å². The number of hydroxylamine groups is 1. The highest BCUT2D eigenvalue weighted by Gasteiger charge is 1.97. The molecule has 0 aromatic rings. The van der Waals surface area contributed by atoms with Crippen molar-refractivity contribution in [2.75, 3.05) is 0 Å². The SMILES string of the molecule is C=C(C)NN([O-])N([O-])C(C)C. The largest absolute Gasteiger partial charge is 0.771 e. The van der Waals surface area contributed by atoms with Crippen molar-refractivity contribution >= 4 is 0 Å². The van der Waals surface area contributed by atoms with Gasteiger partial charge in [-0.2, -0.15) is 0 Å². The lowest BCUT2D eigenvalue weighted by atomic mass is 10.4. The summed E-state index contributed by atoms with van der Waals surface area (Å²) in [6, 6.07) is -0.376. The number of nitrogens with one attached hydrogen (secondary N) is 1. The summed E-state index contributed by atoms with van der Waals surface area (Å²) in [6.45, 7) is 8.26. The molecule has 0 aromatic heterocycles. The Balaban J connectivity index is 3.82. The van der Waals surface area contributed by atoms with Crippen molar-refractivity contribution in [1.29, 1.82) is 0 Å². The zero-order valence-electron chi connectivity index (χ0n) is 7.00. The van der Waals surface area contributed by atoms with Crippen LogP contribution in [0, 0.1) is 10.4 Å². The summed E-state index contributed by atoms with van der Waals surface area (Å²) in [5.74, 6) is 0. The smallest absolute Gasteiger partial charge is 0.0164 e. The number of hydrazine groups is 2. The van der Waals surface area contributed by atoms with Gasteiger partial charge in [-0.3, -0.25) is 0 Å². The van der Waals surface area contributed by atoms with E-state index in [1.807, 2.05) is 0 Å². The molecule has 0 bridgehead atoms. The number of hydrogen-bond acceptors (Lipinski definition) is 5. The van der Waals surface area contributed by atoms with Gasteiger partial charge in [0.2, 0.25) is 0 Å². The third-order valence-corrected chi connectivity index (χ3v) is 0.907. The molecule has 0 aliphatic heterocycles. The van der Waals surface area contributed by atoms with Gasteiger partial charge in [0, 0.05) is 11.7 Å². The minimum atomic E-state index is -0.376. The molecule has 0 aliphatic rings. The predicted octanol–water partition coefficient (Wildman–Crippen LogP) is 0.948. The fourth-order valence-electron chi connectivity index (χ4n) is 0.422. The summed E-state index contributed by atoms with van der Waals surface area (Å²) in [7, 11) is 0. The molecule has 0 aliphatic carbocycles. The van der Waals surface area contributed by atoms with Crippen LogP contribution in [0.5, 0.6) is 0 Å². The number of rotatable bonds is 4. The highest BCUT2D eigenvalue weighted by atomic mass is 16.7. The molecule has 0 radical (unpaired) electrons. The average Bonchev–Trinajstić information content (AvgIpc) is 1.84. The van der Waals surface area contributed by atoms with Crippen LogP contribution in [0.3, 0.4) is 0 Å². The van der Waals surface area contributed by atoms with Gasteiger partial charge in [-0.05, 0) is 20.8 Å². The molecule has 0 atom stereocenters. The summed E-state index contributed by atoms with van der Waals surface area (Å²) >= 11 is 0. The number of nitrogens with zero attached hydrogens (tertiary/aromatic N) is 2. The van der Waals surface area contributed by atoms with E-state index < -0.39 is 0 Å². The summed E-state index contributed by atoms with van der Waals surface area (Å²) in [5.41, 5.74) is 2.65. The second-order valence-corrected chi connectivity index (χ2v) is 2.56. The third-order valence-electron chi connectivity index (χ3n) is 0.907. The first-order valence-electron chi connectivity index (χ1n) is 3.31. The Kier molecular flexibility index (Phi) is 4.06. The topological polar surface area (TPSA) is 64.6 Å². The zero-order chi connectivity index (χ0) is 9.02. The standard InChI is InChI=1S/C6H13N3O2/c1-5(2)7-9(11)8(10)6(3)4/h6-7H,1H2,2-4H3/q-2. The highest BCUT2D eigenvalue weighted by molar-refractivity contribution is 4.82. The molecule has 0 heterocycles. The van der Waals surface area contributed by atoms with Crippen molar-refractivity contribution < 1.29 is 0 Å². The molecule has 1 N–H and O–H groups in total. The van der Waals surface area contributed by atoms with Crippen LogP contribution in [0.25, 0.3) is 0 Å². The lowest BCUT2D eigenvalue weighted by Gasteiger charge is -2.47. The minimum absolute atomic E-state index is 0.118. The van der Waals surface area contributed by atoms with Crippen molar-refractivity contribution in [3.63, 3.8) is 0 Å². The van der Waals surface area contributed by atoms with Gasteiger partial charge in [0.1, 0.15) is 0 Å². The van der Waals surface area contributed by atoms with Crippen molar-refractivity contribution in [3.8, 4) is 0 Å². The Labute approximate surface area is 66.4 Å². The van der Waals surface area contributed by atoms with Crippen molar-refractivity contribution in [3.05, 3.63) is 22.7 Å². The lowest BCUT2D eigenvalue weighted by molar-refractivity contribution is 0.00868. The van der Waals surface area contributed by atoms with Gasteiger partial charge in [0.05, 0.1) is 0 Å². The molecule has 0 saturated carbocycles. The first-order chi connectivity index (χ1) is 4.95. The van der Waals surface area contributed by atoms with E-state index in [1.54, 1.807) is 20.8 Å². The number of allylic oxidation sites excluding steroid dienone is 1. The molecule has 0 amide bonds. The normalized spacial score (nSPS) is 11.3. The predicted molar refractivity (Wildman–Crippen MR) is 43.5 cm³/mol. The van der Waals surface area contributed by atoms with Crippen molar-refractivity contribution in [2.24, 2.45) is 0 Å². The van der Waals surface area contributed by atoms with Gasteiger partial charge in [0.25, 0.3) is 0 Å². The van der Waals surface area contributed by atoms with Gasteiger partial charge in [-0.15, -0.1) is 0 Å². The molecule has 5 nitrogen and oxygen atoms in total. The molecule has 11 heavy (non-hydrogen) atoms. The van der Waals surface area contributed by atoms with E-state index in [1.165, 1.54) is 0 Å². The minimum Gasteiger partial charge on any atom is -0.771 e. The Hall–Kier alpha value is -0.620. The van der Waals surface area contributed by atoms with E-state index in [4.69, 9.17) is 0 Å². The Morgan fingerprint density at radius 3 is 2.18 bits per heavy atom. The average molecular weight is 159 g/mol. The monoisotopic (exact) mass is 159 g/mol. The third kappa shape index (κ3) is 3.94. The van der Waals surface area contributed by atoms with E-state index in [9.17, 15) is 10.4 Å². The molecule has 0 rings (SSSR count). The first-order valence-corrected chi connectivity index (χ1v) is 3.31. The molecule has 0 saturated heterocycles. The van der Waals surface area contributed by atoms with Crippen LogP contribution in [0.2, 0.25) is 0 Å². The zero-order valence-corrected chi connectivity index (χ0v) is 7.00. The Morgan fingerprint density at radius 1 is 1.45 bits per heavy atom. The van der Waals surface area contributed by atoms with Crippen LogP contribution in [0.15, 0.2) is 12.3 Å². The molecule has 5 heteroatoms. The highest BCUT2D eigenvalue weighted by Crippen LogP contribution is 1.98. The summed E-state index contributed by atoms with van der Waals surface area (Å²) in [5, 5.41) is 22.0. The fraction of sp³-hybridized carbons (Fsp3) is 0.667. The molecule has 0 fully saturated rings. The second kappa shape index (κ2) is 4.30. The van der Waals surface area contributed by atoms with Gasteiger partial charge >= 0.3 is 0 Å². The van der Waals surface area contributed by atoms with E-state index in [2.05, 4.69) is 12.0 Å². The fourth-order valence-corrected chi connectivity index (χ4v) is 0.422. The molecular weight excluding hydrogens is 146 g/mol. The van der Waals surface area contributed by atoms with Crippen molar-refractivity contribution in [1.82, 2.24) is 15.9 Å². The van der Waals surface area contributed by atoms with E-state index in [-0.39, 0.29) is 16.5 Å². The Bertz CT molecular complexity index is 138. The lowest BCUT2D eigenvalue weighted by Crippen LogP contribution is -2.46. The Morgan fingerprint density at radius 2 is 1.91 bits per heavy atom. The molecule has 66 valence electrons.